The molecule has 0 spiro atoms. The van der Waals surface area contributed by atoms with E-state index in [2.05, 4.69) is 20.6 Å². The van der Waals surface area contributed by atoms with E-state index < -0.39 is 24.5 Å². The maximum absolute atomic E-state index is 12.2. The zero-order valence-electron chi connectivity index (χ0n) is 16.1. The third-order valence-electron chi connectivity index (χ3n) is 4.84. The minimum atomic E-state index is -0.672. The molecule has 1 fully saturated rings. The Morgan fingerprint density at radius 3 is 2.43 bits per heavy atom. The minimum absolute atomic E-state index is 0.0925. The Kier molecular flexibility index (Phi) is 6.18. The van der Waals surface area contributed by atoms with Crippen molar-refractivity contribution < 1.29 is 19.1 Å². The highest BCUT2D eigenvalue weighted by Gasteiger charge is 2.18. The van der Waals surface area contributed by atoms with Gasteiger partial charge in [0.1, 0.15) is 0 Å². The number of aromatic nitrogens is 2. The Morgan fingerprint density at radius 2 is 1.71 bits per heavy atom. The second kappa shape index (κ2) is 8.77. The number of carbonyl (C=O) groups is 3. The highest BCUT2D eigenvalue weighted by Crippen LogP contribution is 2.17. The van der Waals surface area contributed by atoms with Gasteiger partial charge in [0.2, 0.25) is 0 Å². The van der Waals surface area contributed by atoms with Crippen molar-refractivity contribution in [2.75, 3.05) is 6.61 Å². The SMILES string of the molecule is Cc1nc2ccc(C(=O)OCC(=O)NC(=O)NC3CCCCC3)cc2nc1C. The van der Waals surface area contributed by atoms with E-state index in [1.807, 2.05) is 13.8 Å². The number of nitrogens with one attached hydrogen (secondary N) is 2. The van der Waals surface area contributed by atoms with E-state index in [0.717, 1.165) is 37.1 Å². The zero-order valence-corrected chi connectivity index (χ0v) is 16.1. The van der Waals surface area contributed by atoms with Gasteiger partial charge in [-0.05, 0) is 44.9 Å². The minimum Gasteiger partial charge on any atom is -0.452 e. The summed E-state index contributed by atoms with van der Waals surface area (Å²) in [5.74, 6) is -1.33. The van der Waals surface area contributed by atoms with Crippen LogP contribution in [0.5, 0.6) is 0 Å². The van der Waals surface area contributed by atoms with E-state index in [0.29, 0.717) is 11.0 Å². The quantitative estimate of drug-likeness (QED) is 0.784. The Balaban J connectivity index is 1.51. The number of urea groups is 1. The Bertz CT molecular complexity index is 906. The molecular formula is C20H24N4O4. The predicted molar refractivity (Wildman–Crippen MR) is 103 cm³/mol. The molecule has 0 bridgehead atoms. The van der Waals surface area contributed by atoms with Crippen LogP contribution in [0.4, 0.5) is 4.79 Å². The average molecular weight is 384 g/mol. The van der Waals surface area contributed by atoms with Gasteiger partial charge in [0, 0.05) is 6.04 Å². The third kappa shape index (κ3) is 5.03. The summed E-state index contributed by atoms with van der Waals surface area (Å²) in [6.07, 6.45) is 5.16. The molecule has 28 heavy (non-hydrogen) atoms. The Labute approximate surface area is 163 Å². The van der Waals surface area contributed by atoms with Gasteiger partial charge in [-0.2, -0.15) is 0 Å². The molecule has 1 aliphatic carbocycles. The van der Waals surface area contributed by atoms with Crippen molar-refractivity contribution in [2.24, 2.45) is 0 Å². The largest absolute Gasteiger partial charge is 0.452 e. The van der Waals surface area contributed by atoms with E-state index in [4.69, 9.17) is 4.74 Å². The molecule has 3 amide bonds. The van der Waals surface area contributed by atoms with Crippen LogP contribution in [-0.2, 0) is 9.53 Å². The molecule has 1 aliphatic rings. The first-order chi connectivity index (χ1) is 13.4. The molecule has 0 saturated heterocycles. The number of nitrogens with zero attached hydrogens (tertiary/aromatic N) is 2. The molecule has 148 valence electrons. The summed E-state index contributed by atoms with van der Waals surface area (Å²) in [7, 11) is 0. The van der Waals surface area contributed by atoms with E-state index >= 15 is 0 Å². The number of esters is 1. The van der Waals surface area contributed by atoms with Gasteiger partial charge < -0.3 is 10.1 Å². The summed E-state index contributed by atoms with van der Waals surface area (Å²) in [6, 6.07) is 4.37. The molecule has 0 aliphatic heterocycles. The Hall–Kier alpha value is -3.03. The summed E-state index contributed by atoms with van der Waals surface area (Å²) in [4.78, 5) is 44.7. The fourth-order valence-electron chi connectivity index (χ4n) is 3.20. The van der Waals surface area contributed by atoms with Crippen molar-refractivity contribution in [3.8, 4) is 0 Å². The van der Waals surface area contributed by atoms with Crippen molar-refractivity contribution >= 4 is 28.9 Å². The van der Waals surface area contributed by atoms with Crippen molar-refractivity contribution in [1.29, 1.82) is 0 Å². The number of rotatable bonds is 4. The summed E-state index contributed by atoms with van der Waals surface area (Å²) in [5.41, 5.74) is 3.13. The van der Waals surface area contributed by atoms with Crippen LogP contribution >= 0.6 is 0 Å². The van der Waals surface area contributed by atoms with E-state index in [-0.39, 0.29) is 11.6 Å². The number of hydrogen-bond acceptors (Lipinski definition) is 6. The summed E-state index contributed by atoms with van der Waals surface area (Å²) in [5, 5.41) is 4.96. The molecule has 2 aromatic rings. The highest BCUT2D eigenvalue weighted by atomic mass is 16.5. The Morgan fingerprint density at radius 1 is 1.04 bits per heavy atom. The van der Waals surface area contributed by atoms with E-state index in [1.165, 1.54) is 6.42 Å². The molecule has 0 radical (unpaired) electrons. The number of carbonyl (C=O) groups excluding carboxylic acids is 3. The normalized spacial score (nSPS) is 14.5. The van der Waals surface area contributed by atoms with Gasteiger partial charge in [-0.1, -0.05) is 19.3 Å². The maximum atomic E-state index is 12.2. The first kappa shape index (κ1) is 19.7. The van der Waals surface area contributed by atoms with Gasteiger partial charge in [-0.3, -0.25) is 10.1 Å². The number of benzene rings is 1. The van der Waals surface area contributed by atoms with E-state index in [9.17, 15) is 14.4 Å². The molecule has 8 heteroatoms. The average Bonchev–Trinajstić information content (AvgIpc) is 2.67. The molecule has 2 N–H and O–H groups in total. The molecule has 1 aromatic heterocycles. The van der Waals surface area contributed by atoms with Gasteiger partial charge >= 0.3 is 12.0 Å². The molecular weight excluding hydrogens is 360 g/mol. The summed E-state index contributed by atoms with van der Waals surface area (Å²) >= 11 is 0. The first-order valence-corrected chi connectivity index (χ1v) is 9.45. The lowest BCUT2D eigenvalue weighted by molar-refractivity contribution is -0.123. The predicted octanol–water partition coefficient (Wildman–Crippen LogP) is 2.56. The first-order valence-electron chi connectivity index (χ1n) is 9.45. The molecule has 1 heterocycles. The standard InChI is InChI=1S/C20H24N4O4/c1-12-13(2)22-17-10-14(8-9-16(17)21-12)19(26)28-11-18(25)24-20(27)23-15-6-4-3-5-7-15/h8-10,15H,3-7,11H2,1-2H3,(H2,23,24,25,27). The molecule has 0 atom stereocenters. The van der Waals surface area contributed by atoms with Crippen LogP contribution in [0.2, 0.25) is 0 Å². The molecule has 3 rings (SSSR count). The van der Waals surface area contributed by atoms with Crippen molar-refractivity contribution in [2.45, 2.75) is 52.0 Å². The monoisotopic (exact) mass is 384 g/mol. The van der Waals surface area contributed by atoms with Gasteiger partial charge in [0.05, 0.1) is 28.0 Å². The fraction of sp³-hybridized carbons (Fsp3) is 0.450. The van der Waals surface area contributed by atoms with Gasteiger partial charge in [0.25, 0.3) is 5.91 Å². The maximum Gasteiger partial charge on any atom is 0.338 e. The summed E-state index contributed by atoms with van der Waals surface area (Å²) < 4.78 is 5.00. The number of amides is 3. The molecule has 0 unspecified atom stereocenters. The molecule has 1 saturated carbocycles. The topological polar surface area (TPSA) is 110 Å². The lowest BCUT2D eigenvalue weighted by atomic mass is 9.96. The van der Waals surface area contributed by atoms with E-state index in [1.54, 1.807) is 18.2 Å². The second-order valence-electron chi connectivity index (χ2n) is 7.03. The highest BCUT2D eigenvalue weighted by molar-refractivity contribution is 5.98. The van der Waals surface area contributed by atoms with Crippen LogP contribution in [0.15, 0.2) is 18.2 Å². The number of ether oxygens (including phenoxy) is 1. The molecule has 1 aromatic carbocycles. The smallest absolute Gasteiger partial charge is 0.338 e. The third-order valence-corrected chi connectivity index (χ3v) is 4.84. The fourth-order valence-corrected chi connectivity index (χ4v) is 3.20. The number of aryl methyl sites for hydroxylation is 2. The van der Waals surface area contributed by atoms with Crippen molar-refractivity contribution in [1.82, 2.24) is 20.6 Å². The zero-order chi connectivity index (χ0) is 20.1. The second-order valence-corrected chi connectivity index (χ2v) is 7.03. The van der Waals surface area contributed by atoms with Crippen LogP contribution in [-0.4, -0.2) is 40.5 Å². The van der Waals surface area contributed by atoms with Crippen LogP contribution in [0.25, 0.3) is 11.0 Å². The summed E-state index contributed by atoms with van der Waals surface area (Å²) in [6.45, 7) is 3.18. The van der Waals surface area contributed by atoms with Gasteiger partial charge in [-0.15, -0.1) is 0 Å². The van der Waals surface area contributed by atoms with Crippen LogP contribution in [0, 0.1) is 13.8 Å². The molecule has 8 nitrogen and oxygen atoms in total. The number of imide groups is 1. The van der Waals surface area contributed by atoms with Crippen LogP contribution in [0.1, 0.15) is 53.8 Å². The number of fused-ring (bicyclic) bond motifs is 1. The van der Waals surface area contributed by atoms with Gasteiger partial charge in [-0.25, -0.2) is 19.6 Å². The van der Waals surface area contributed by atoms with Crippen molar-refractivity contribution in [3.63, 3.8) is 0 Å². The number of hydrogen-bond donors (Lipinski definition) is 2. The van der Waals surface area contributed by atoms with Crippen LogP contribution < -0.4 is 10.6 Å². The van der Waals surface area contributed by atoms with Crippen LogP contribution in [0.3, 0.4) is 0 Å². The van der Waals surface area contributed by atoms with Gasteiger partial charge in [0.15, 0.2) is 6.61 Å². The lowest BCUT2D eigenvalue weighted by Crippen LogP contribution is -2.46. The lowest BCUT2D eigenvalue weighted by Gasteiger charge is -2.22. The van der Waals surface area contributed by atoms with Crippen molar-refractivity contribution in [3.05, 3.63) is 35.2 Å².